The summed E-state index contributed by atoms with van der Waals surface area (Å²) in [5, 5.41) is 8.28. The van der Waals surface area contributed by atoms with Crippen LogP contribution in [0.15, 0.2) is 6.07 Å². The summed E-state index contributed by atoms with van der Waals surface area (Å²) in [4.78, 5) is 0. The predicted molar refractivity (Wildman–Crippen MR) is 47.6 cm³/mol. The Balaban J connectivity index is 2.86. The van der Waals surface area contributed by atoms with Crippen molar-refractivity contribution in [1.82, 2.24) is 10.2 Å². The second-order valence-electron chi connectivity index (χ2n) is 2.44. The van der Waals surface area contributed by atoms with Gasteiger partial charge in [-0.2, -0.15) is 5.10 Å². The van der Waals surface area contributed by atoms with Crippen LogP contribution in [-0.2, 0) is 6.42 Å². The van der Waals surface area contributed by atoms with Crippen molar-refractivity contribution in [2.75, 3.05) is 7.11 Å². The molecule has 0 aliphatic rings. The molecule has 0 saturated heterocycles. The molecule has 0 aromatic carbocycles. The van der Waals surface area contributed by atoms with Crippen molar-refractivity contribution < 1.29 is 4.74 Å². The number of aryl methyl sites for hydroxylation is 1. The Kier molecular flexibility index (Phi) is 3.29. The highest BCUT2D eigenvalue weighted by atomic mass is 35.5. The fourth-order valence-corrected chi connectivity index (χ4v) is 1.15. The first-order valence-corrected chi connectivity index (χ1v) is 4.21. The third-order valence-electron chi connectivity index (χ3n) is 1.47. The van der Waals surface area contributed by atoms with Gasteiger partial charge in [0.15, 0.2) is 0 Å². The highest BCUT2D eigenvalue weighted by Crippen LogP contribution is 2.20. The molecule has 12 heavy (non-hydrogen) atoms. The van der Waals surface area contributed by atoms with Crippen LogP contribution in [0.3, 0.4) is 0 Å². The Labute approximate surface area is 76.7 Å². The Bertz CT molecular complexity index is 265. The van der Waals surface area contributed by atoms with Gasteiger partial charge in [0.25, 0.3) is 5.88 Å². The van der Waals surface area contributed by atoms with Crippen LogP contribution < -0.4 is 4.74 Å². The van der Waals surface area contributed by atoms with E-state index in [1.54, 1.807) is 6.07 Å². The lowest BCUT2D eigenvalue weighted by Gasteiger charge is -2.01. The van der Waals surface area contributed by atoms with Crippen LogP contribution in [0.4, 0.5) is 0 Å². The zero-order valence-electron chi connectivity index (χ0n) is 7.17. The summed E-state index contributed by atoms with van der Waals surface area (Å²) in [5.41, 5.74) is 0.906. The molecule has 0 amide bonds. The molecular formula is C8H11ClN2O. The largest absolute Gasteiger partial charge is 0.479 e. The fourth-order valence-electron chi connectivity index (χ4n) is 0.911. The average Bonchev–Trinajstić information content (AvgIpc) is 2.05. The molecule has 0 radical (unpaired) electrons. The van der Waals surface area contributed by atoms with E-state index < -0.39 is 0 Å². The van der Waals surface area contributed by atoms with Gasteiger partial charge in [0.2, 0.25) is 0 Å². The minimum atomic E-state index is 0.386. The fraction of sp³-hybridized carbons (Fsp3) is 0.500. The lowest BCUT2D eigenvalue weighted by Crippen LogP contribution is -1.96. The quantitative estimate of drug-likeness (QED) is 0.725. The van der Waals surface area contributed by atoms with Gasteiger partial charge in [-0.1, -0.05) is 24.9 Å². The van der Waals surface area contributed by atoms with Gasteiger partial charge >= 0.3 is 0 Å². The molecule has 1 heterocycles. The normalized spacial score (nSPS) is 9.92. The third-order valence-corrected chi connectivity index (χ3v) is 1.74. The summed E-state index contributed by atoms with van der Waals surface area (Å²) in [5.74, 6) is 0.386. The molecule has 66 valence electrons. The lowest BCUT2D eigenvalue weighted by atomic mass is 10.2. The first-order valence-electron chi connectivity index (χ1n) is 3.84. The van der Waals surface area contributed by atoms with Crippen LogP contribution in [0.5, 0.6) is 5.88 Å². The van der Waals surface area contributed by atoms with Gasteiger partial charge in [0.05, 0.1) is 12.8 Å². The molecule has 0 aliphatic heterocycles. The van der Waals surface area contributed by atoms with E-state index in [0.29, 0.717) is 10.9 Å². The number of methoxy groups -OCH3 is 1. The van der Waals surface area contributed by atoms with Crippen LogP contribution in [0.1, 0.15) is 19.0 Å². The van der Waals surface area contributed by atoms with Crippen LogP contribution >= 0.6 is 11.6 Å². The molecule has 3 nitrogen and oxygen atoms in total. The number of aromatic nitrogens is 2. The first kappa shape index (κ1) is 9.26. The summed E-state index contributed by atoms with van der Waals surface area (Å²) >= 11 is 5.84. The summed E-state index contributed by atoms with van der Waals surface area (Å²) < 4.78 is 4.87. The number of hydrogen-bond donors (Lipinski definition) is 0. The summed E-state index contributed by atoms with van der Waals surface area (Å²) in [6, 6.07) is 1.79. The van der Waals surface area contributed by atoms with Crippen molar-refractivity contribution in [3.8, 4) is 5.88 Å². The van der Waals surface area contributed by atoms with E-state index in [4.69, 9.17) is 16.3 Å². The number of nitrogens with zero attached hydrogens (tertiary/aromatic N) is 2. The molecule has 1 rings (SSSR count). The van der Waals surface area contributed by atoms with Crippen molar-refractivity contribution in [2.45, 2.75) is 19.8 Å². The van der Waals surface area contributed by atoms with Gasteiger partial charge in [-0.3, -0.25) is 0 Å². The molecule has 0 saturated carbocycles. The maximum absolute atomic E-state index is 5.84. The van der Waals surface area contributed by atoms with Gasteiger partial charge < -0.3 is 4.74 Å². The minimum Gasteiger partial charge on any atom is -0.479 e. The molecular weight excluding hydrogens is 176 g/mol. The van der Waals surface area contributed by atoms with Crippen molar-refractivity contribution in [3.63, 3.8) is 0 Å². The van der Waals surface area contributed by atoms with Gasteiger partial charge in [-0.15, -0.1) is 5.10 Å². The summed E-state index contributed by atoms with van der Waals surface area (Å²) in [7, 11) is 1.52. The molecule has 1 aromatic heterocycles. The number of halogens is 1. The Morgan fingerprint density at radius 2 is 2.25 bits per heavy atom. The molecule has 0 spiro atoms. The van der Waals surface area contributed by atoms with E-state index in [0.717, 1.165) is 18.5 Å². The van der Waals surface area contributed by atoms with E-state index in [1.165, 1.54) is 7.11 Å². The number of rotatable bonds is 3. The average molecular weight is 187 g/mol. The Hall–Kier alpha value is -0.830. The van der Waals surface area contributed by atoms with E-state index in [2.05, 4.69) is 17.1 Å². The zero-order chi connectivity index (χ0) is 8.97. The second-order valence-corrected chi connectivity index (χ2v) is 2.85. The smallest absolute Gasteiger partial charge is 0.252 e. The maximum Gasteiger partial charge on any atom is 0.252 e. The SMILES string of the molecule is CCCc1cc(Cl)c(OC)nn1. The van der Waals surface area contributed by atoms with Crippen molar-refractivity contribution in [1.29, 1.82) is 0 Å². The lowest BCUT2D eigenvalue weighted by molar-refractivity contribution is 0.391. The zero-order valence-corrected chi connectivity index (χ0v) is 7.93. The molecule has 0 N–H and O–H groups in total. The Morgan fingerprint density at radius 3 is 2.75 bits per heavy atom. The topological polar surface area (TPSA) is 35.0 Å². The standard InChI is InChI=1S/C8H11ClN2O/c1-3-4-6-5-7(9)8(12-2)11-10-6/h5H,3-4H2,1-2H3. The van der Waals surface area contributed by atoms with Crippen molar-refractivity contribution in [2.24, 2.45) is 0 Å². The van der Waals surface area contributed by atoms with Gasteiger partial charge in [-0.05, 0) is 12.5 Å². The van der Waals surface area contributed by atoms with Crippen LogP contribution in [0.2, 0.25) is 5.02 Å². The Morgan fingerprint density at radius 1 is 1.50 bits per heavy atom. The molecule has 0 fully saturated rings. The monoisotopic (exact) mass is 186 g/mol. The molecule has 4 heteroatoms. The molecule has 0 bridgehead atoms. The summed E-state index contributed by atoms with van der Waals surface area (Å²) in [6.07, 6.45) is 1.94. The van der Waals surface area contributed by atoms with E-state index >= 15 is 0 Å². The van der Waals surface area contributed by atoms with Gasteiger partial charge in [0.1, 0.15) is 5.02 Å². The molecule has 1 aromatic rings. The maximum atomic E-state index is 5.84. The predicted octanol–water partition coefficient (Wildman–Crippen LogP) is 2.09. The summed E-state index contributed by atoms with van der Waals surface area (Å²) in [6.45, 7) is 2.08. The molecule has 0 atom stereocenters. The minimum absolute atomic E-state index is 0.386. The molecule has 0 aliphatic carbocycles. The van der Waals surface area contributed by atoms with Gasteiger partial charge in [-0.25, -0.2) is 0 Å². The van der Waals surface area contributed by atoms with Crippen LogP contribution in [-0.4, -0.2) is 17.3 Å². The second kappa shape index (κ2) is 4.26. The van der Waals surface area contributed by atoms with E-state index in [1.807, 2.05) is 0 Å². The van der Waals surface area contributed by atoms with E-state index in [-0.39, 0.29) is 0 Å². The van der Waals surface area contributed by atoms with Crippen LogP contribution in [0, 0.1) is 0 Å². The molecule has 0 unspecified atom stereocenters. The van der Waals surface area contributed by atoms with Crippen molar-refractivity contribution >= 4 is 11.6 Å². The first-order chi connectivity index (χ1) is 5.77. The van der Waals surface area contributed by atoms with E-state index in [9.17, 15) is 0 Å². The van der Waals surface area contributed by atoms with Crippen molar-refractivity contribution in [3.05, 3.63) is 16.8 Å². The highest BCUT2D eigenvalue weighted by Gasteiger charge is 2.03. The van der Waals surface area contributed by atoms with Gasteiger partial charge in [0, 0.05) is 0 Å². The number of ether oxygens (including phenoxy) is 1. The third kappa shape index (κ3) is 2.08. The highest BCUT2D eigenvalue weighted by molar-refractivity contribution is 6.31. The number of hydrogen-bond acceptors (Lipinski definition) is 3. The van der Waals surface area contributed by atoms with Crippen LogP contribution in [0.25, 0.3) is 0 Å².